The number of fused-ring (bicyclic) bond motifs is 7. The molecule has 0 heterocycles. The predicted molar refractivity (Wildman–Crippen MR) is 136 cm³/mol. The molecule has 5 aliphatic rings. The van der Waals surface area contributed by atoms with Crippen molar-refractivity contribution in [3.63, 3.8) is 0 Å². The summed E-state index contributed by atoms with van der Waals surface area (Å²) in [6, 6.07) is 0. The van der Waals surface area contributed by atoms with E-state index in [1.807, 2.05) is 0 Å². The van der Waals surface area contributed by atoms with Gasteiger partial charge in [0.05, 0.1) is 0 Å². The predicted octanol–water partition coefficient (Wildman–Crippen LogP) is 8.21. The topological polar surface area (TPSA) is 26.3 Å². The van der Waals surface area contributed by atoms with Crippen molar-refractivity contribution in [3.8, 4) is 0 Å². The summed E-state index contributed by atoms with van der Waals surface area (Å²) in [5.41, 5.74) is 3.22. The minimum atomic E-state index is -0.108. The monoisotopic (exact) mass is 454 g/mol. The van der Waals surface area contributed by atoms with Crippen molar-refractivity contribution >= 4 is 5.97 Å². The van der Waals surface area contributed by atoms with Gasteiger partial charge in [0.25, 0.3) is 0 Å². The van der Waals surface area contributed by atoms with E-state index in [0.717, 1.165) is 30.1 Å². The van der Waals surface area contributed by atoms with E-state index in [4.69, 9.17) is 4.74 Å². The summed E-state index contributed by atoms with van der Waals surface area (Å²) in [5.74, 6) is 3.77. The number of rotatable bonds is 2. The van der Waals surface area contributed by atoms with Crippen LogP contribution in [0.1, 0.15) is 113 Å². The largest absolute Gasteiger partial charge is 0.462 e. The molecule has 186 valence electrons. The molecule has 0 N–H and O–H groups in total. The van der Waals surface area contributed by atoms with Crippen LogP contribution in [0.5, 0.6) is 0 Å². The summed E-state index contributed by atoms with van der Waals surface area (Å²) in [6.45, 7) is 23.9. The fourth-order valence-electron chi connectivity index (χ4n) is 11.9. The third-order valence-electron chi connectivity index (χ3n) is 13.3. The van der Waals surface area contributed by atoms with Gasteiger partial charge in [-0.25, -0.2) is 0 Å². The molecule has 5 fully saturated rings. The molecule has 0 aliphatic heterocycles. The van der Waals surface area contributed by atoms with Gasteiger partial charge in [-0.2, -0.15) is 0 Å². The van der Waals surface area contributed by atoms with Crippen LogP contribution in [0.4, 0.5) is 0 Å². The number of esters is 1. The van der Waals surface area contributed by atoms with Crippen LogP contribution in [0, 0.1) is 56.7 Å². The van der Waals surface area contributed by atoms with Crippen LogP contribution in [-0.4, -0.2) is 12.1 Å². The highest BCUT2D eigenvalue weighted by Gasteiger charge is 2.72. The third kappa shape index (κ3) is 2.94. The first-order chi connectivity index (χ1) is 15.2. The van der Waals surface area contributed by atoms with Gasteiger partial charge in [-0.15, -0.1) is 0 Å². The second-order valence-corrected chi connectivity index (χ2v) is 15.0. The lowest BCUT2D eigenvalue weighted by Crippen LogP contribution is -2.64. The standard InChI is InChI=1S/C31H50O2/c1-19(2)21-12-15-28(6)18-31(9)22(26(21)28)10-11-24-29(7)16-14-25(33-20(3)32)27(4,5)23(29)13-17-30(24,31)8/h21-26H,1,10-18H2,2-9H3/t21-,22+,23-,24+,25-,26+,28+,29-,30+,31+/m0/s1. The minimum absolute atomic E-state index is 0.0565. The Morgan fingerprint density at radius 1 is 0.818 bits per heavy atom. The Bertz CT molecular complexity index is 857. The number of hydrogen-bond acceptors (Lipinski definition) is 2. The maximum absolute atomic E-state index is 11.9. The van der Waals surface area contributed by atoms with Gasteiger partial charge in [-0.3, -0.25) is 4.79 Å². The molecule has 10 atom stereocenters. The average Bonchev–Trinajstić information content (AvgIpc) is 3.13. The first kappa shape index (κ1) is 23.9. The van der Waals surface area contributed by atoms with Gasteiger partial charge in [0, 0.05) is 12.3 Å². The Hall–Kier alpha value is -0.790. The quantitative estimate of drug-likeness (QED) is 0.310. The van der Waals surface area contributed by atoms with Crippen LogP contribution in [0.2, 0.25) is 0 Å². The van der Waals surface area contributed by atoms with Gasteiger partial charge < -0.3 is 4.74 Å². The molecule has 2 nitrogen and oxygen atoms in total. The summed E-state index contributed by atoms with van der Waals surface area (Å²) in [6.07, 6.45) is 12.0. The lowest BCUT2D eigenvalue weighted by atomic mass is 9.35. The molecule has 5 saturated carbocycles. The average molecular weight is 455 g/mol. The molecule has 0 amide bonds. The minimum Gasteiger partial charge on any atom is -0.462 e. The van der Waals surface area contributed by atoms with Crippen molar-refractivity contribution in [2.75, 3.05) is 0 Å². The highest BCUT2D eigenvalue weighted by atomic mass is 16.5. The van der Waals surface area contributed by atoms with Crippen LogP contribution in [0.3, 0.4) is 0 Å². The summed E-state index contributed by atoms with van der Waals surface area (Å²) >= 11 is 0. The van der Waals surface area contributed by atoms with Crippen LogP contribution >= 0.6 is 0 Å². The molecule has 0 unspecified atom stereocenters. The van der Waals surface area contributed by atoms with Crippen molar-refractivity contribution in [2.45, 2.75) is 119 Å². The number of allylic oxidation sites excluding steroid dienone is 1. The molecule has 0 spiro atoms. The Morgan fingerprint density at radius 2 is 1.52 bits per heavy atom. The lowest BCUT2D eigenvalue weighted by Gasteiger charge is -2.70. The van der Waals surface area contributed by atoms with Gasteiger partial charge in [-0.1, -0.05) is 53.7 Å². The van der Waals surface area contributed by atoms with Crippen LogP contribution in [0.25, 0.3) is 0 Å². The Kier molecular flexibility index (Phi) is 5.17. The van der Waals surface area contributed by atoms with Crippen molar-refractivity contribution < 1.29 is 9.53 Å². The van der Waals surface area contributed by atoms with Gasteiger partial charge in [0.1, 0.15) is 6.10 Å². The molecular weight excluding hydrogens is 404 g/mol. The molecular formula is C31H50O2. The smallest absolute Gasteiger partial charge is 0.302 e. The van der Waals surface area contributed by atoms with Gasteiger partial charge in [0.2, 0.25) is 0 Å². The van der Waals surface area contributed by atoms with E-state index >= 15 is 0 Å². The Morgan fingerprint density at radius 3 is 2.15 bits per heavy atom. The Labute approximate surface area is 203 Å². The molecule has 5 rings (SSSR count). The van der Waals surface area contributed by atoms with E-state index < -0.39 is 0 Å². The van der Waals surface area contributed by atoms with Crippen LogP contribution < -0.4 is 0 Å². The molecule has 0 saturated heterocycles. The van der Waals surface area contributed by atoms with Crippen molar-refractivity contribution in [1.82, 2.24) is 0 Å². The molecule has 0 bridgehead atoms. The SMILES string of the molecule is C=C(C)[C@@H]1CC[C@]2(C)C[C@]3(C)[C@H](CC[C@@H]4[C@@]5(C)CC[C@H](OC(C)=O)C(C)(C)[C@@H]5CC[C@]43C)[C@@H]12. The normalized spacial score (nSPS) is 54.5. The summed E-state index contributed by atoms with van der Waals surface area (Å²) in [4.78, 5) is 11.9. The zero-order valence-corrected chi connectivity index (χ0v) is 22.9. The van der Waals surface area contributed by atoms with Crippen LogP contribution in [0.15, 0.2) is 12.2 Å². The molecule has 33 heavy (non-hydrogen) atoms. The van der Waals surface area contributed by atoms with E-state index in [1.165, 1.54) is 56.9 Å². The van der Waals surface area contributed by atoms with Gasteiger partial charge in [-0.05, 0) is 116 Å². The lowest BCUT2D eigenvalue weighted by molar-refractivity contribution is -0.227. The molecule has 5 aliphatic carbocycles. The summed E-state index contributed by atoms with van der Waals surface area (Å²) in [5, 5.41) is 0. The first-order valence-electron chi connectivity index (χ1n) is 14.0. The fourth-order valence-corrected chi connectivity index (χ4v) is 11.9. The maximum atomic E-state index is 11.9. The summed E-state index contributed by atoms with van der Waals surface area (Å²) < 4.78 is 5.90. The van der Waals surface area contributed by atoms with Gasteiger partial charge in [0.15, 0.2) is 0 Å². The van der Waals surface area contributed by atoms with E-state index in [-0.39, 0.29) is 17.5 Å². The fraction of sp³-hybridized carbons (Fsp3) is 0.903. The summed E-state index contributed by atoms with van der Waals surface area (Å²) in [7, 11) is 0. The van der Waals surface area contributed by atoms with E-state index in [0.29, 0.717) is 27.6 Å². The van der Waals surface area contributed by atoms with E-state index in [1.54, 1.807) is 6.92 Å². The zero-order valence-electron chi connectivity index (χ0n) is 22.9. The molecule has 0 aromatic heterocycles. The van der Waals surface area contributed by atoms with Crippen molar-refractivity contribution in [3.05, 3.63) is 12.2 Å². The second kappa shape index (κ2) is 7.13. The third-order valence-corrected chi connectivity index (χ3v) is 13.3. The first-order valence-corrected chi connectivity index (χ1v) is 14.0. The highest BCUT2D eigenvalue weighted by molar-refractivity contribution is 5.66. The van der Waals surface area contributed by atoms with E-state index in [9.17, 15) is 4.79 Å². The molecule has 2 heteroatoms. The molecule has 0 aromatic rings. The second-order valence-electron chi connectivity index (χ2n) is 15.0. The Balaban J connectivity index is 1.50. The van der Waals surface area contributed by atoms with Crippen LogP contribution in [-0.2, 0) is 9.53 Å². The number of ether oxygens (including phenoxy) is 1. The number of carbonyl (C=O) groups is 1. The molecule has 0 aromatic carbocycles. The highest BCUT2D eigenvalue weighted by Crippen LogP contribution is 2.79. The number of hydrogen-bond donors (Lipinski definition) is 0. The van der Waals surface area contributed by atoms with E-state index in [2.05, 4.69) is 55.0 Å². The molecule has 0 radical (unpaired) electrons. The van der Waals surface area contributed by atoms with Crippen molar-refractivity contribution in [2.24, 2.45) is 56.7 Å². The maximum Gasteiger partial charge on any atom is 0.302 e. The number of carbonyl (C=O) groups excluding carboxylic acids is 1. The zero-order chi connectivity index (χ0) is 24.2. The van der Waals surface area contributed by atoms with Crippen molar-refractivity contribution in [1.29, 1.82) is 0 Å². The van der Waals surface area contributed by atoms with Gasteiger partial charge >= 0.3 is 5.97 Å².